The number of hydrogen-bond acceptors (Lipinski definition) is 6. The summed E-state index contributed by atoms with van der Waals surface area (Å²) in [6.45, 7) is 7.90. The molecule has 0 saturated carbocycles. The molecule has 160 valence electrons. The summed E-state index contributed by atoms with van der Waals surface area (Å²) in [5, 5.41) is 16.2. The summed E-state index contributed by atoms with van der Waals surface area (Å²) in [7, 11) is 3.63. The zero-order valence-electron chi connectivity index (χ0n) is 18.2. The highest BCUT2D eigenvalue weighted by atomic mass is 32.1. The first-order valence-electron chi connectivity index (χ1n) is 9.89. The Labute approximate surface area is 181 Å². The van der Waals surface area contributed by atoms with E-state index in [0.717, 1.165) is 47.0 Å². The fourth-order valence-electron chi connectivity index (χ4n) is 2.93. The lowest BCUT2D eigenvalue weighted by Crippen LogP contribution is -2.38. The molecule has 0 fully saturated rings. The molecule has 2 aromatic heterocycles. The Hall–Kier alpha value is -2.94. The molecule has 2 N–H and O–H groups in total. The standard InChI is InChI=1S/C21H29N7OS/c1-14-19(30-16(3)25-14)12-23-21(24-13-20-27-26-15(2)28(20)4)22-11-10-17-6-8-18(29-5)9-7-17/h6-9H,10-13H2,1-5H3,(H2,22,23,24). The van der Waals surface area contributed by atoms with Gasteiger partial charge in [-0.05, 0) is 44.9 Å². The molecule has 8 nitrogen and oxygen atoms in total. The number of ether oxygens (including phenoxy) is 1. The summed E-state index contributed by atoms with van der Waals surface area (Å²) in [6.07, 6.45) is 0.881. The van der Waals surface area contributed by atoms with Crippen LogP contribution in [-0.4, -0.2) is 39.4 Å². The van der Waals surface area contributed by atoms with Crippen molar-refractivity contribution in [2.45, 2.75) is 40.3 Å². The number of thiazole rings is 1. The van der Waals surface area contributed by atoms with Gasteiger partial charge in [-0.15, -0.1) is 21.5 Å². The lowest BCUT2D eigenvalue weighted by molar-refractivity contribution is 0.414. The topological polar surface area (TPSA) is 89.2 Å². The molecule has 0 aliphatic carbocycles. The van der Waals surface area contributed by atoms with E-state index < -0.39 is 0 Å². The number of aliphatic imine (C=N–C) groups is 1. The van der Waals surface area contributed by atoms with Gasteiger partial charge < -0.3 is 19.9 Å². The zero-order valence-corrected chi connectivity index (χ0v) is 19.0. The van der Waals surface area contributed by atoms with Crippen LogP contribution in [0.2, 0.25) is 0 Å². The second-order valence-electron chi connectivity index (χ2n) is 7.01. The minimum Gasteiger partial charge on any atom is -0.497 e. The van der Waals surface area contributed by atoms with Crippen LogP contribution < -0.4 is 15.4 Å². The number of rotatable bonds is 8. The zero-order chi connectivity index (χ0) is 21.5. The van der Waals surface area contributed by atoms with E-state index >= 15 is 0 Å². The summed E-state index contributed by atoms with van der Waals surface area (Å²) >= 11 is 1.71. The molecule has 0 spiro atoms. The van der Waals surface area contributed by atoms with Gasteiger partial charge in [0, 0.05) is 18.5 Å². The van der Waals surface area contributed by atoms with E-state index in [1.54, 1.807) is 18.4 Å². The highest BCUT2D eigenvalue weighted by Gasteiger charge is 2.08. The predicted octanol–water partition coefficient (Wildman–Crippen LogP) is 2.68. The SMILES string of the molecule is COc1ccc(CCNC(=NCc2nnc(C)n2C)NCc2sc(C)nc2C)cc1. The van der Waals surface area contributed by atoms with Crippen molar-refractivity contribution in [3.63, 3.8) is 0 Å². The van der Waals surface area contributed by atoms with Gasteiger partial charge in [-0.25, -0.2) is 9.98 Å². The molecule has 0 aliphatic rings. The first-order valence-corrected chi connectivity index (χ1v) is 10.7. The maximum absolute atomic E-state index is 5.22. The van der Waals surface area contributed by atoms with E-state index in [1.807, 2.05) is 44.5 Å². The van der Waals surface area contributed by atoms with Crippen LogP contribution in [0.15, 0.2) is 29.3 Å². The first kappa shape index (κ1) is 21.8. The Kier molecular flexibility index (Phi) is 7.40. The van der Waals surface area contributed by atoms with Crippen LogP contribution in [0.4, 0.5) is 0 Å². The van der Waals surface area contributed by atoms with E-state index in [0.29, 0.717) is 13.1 Å². The summed E-state index contributed by atoms with van der Waals surface area (Å²) in [5.41, 5.74) is 2.30. The van der Waals surface area contributed by atoms with E-state index in [1.165, 1.54) is 10.4 Å². The molecular formula is C21H29N7OS. The third-order valence-electron chi connectivity index (χ3n) is 4.84. The van der Waals surface area contributed by atoms with Crippen LogP contribution in [0.5, 0.6) is 5.75 Å². The normalized spacial score (nSPS) is 11.6. The minimum absolute atomic E-state index is 0.454. The summed E-state index contributed by atoms with van der Waals surface area (Å²) in [6, 6.07) is 8.12. The molecule has 3 rings (SSSR count). The first-order chi connectivity index (χ1) is 14.5. The molecule has 9 heteroatoms. The van der Waals surface area contributed by atoms with Gasteiger partial charge in [0.05, 0.1) is 24.4 Å². The molecule has 1 aromatic carbocycles. The van der Waals surface area contributed by atoms with E-state index in [-0.39, 0.29) is 0 Å². The summed E-state index contributed by atoms with van der Waals surface area (Å²) in [5.74, 6) is 3.31. The minimum atomic E-state index is 0.454. The second kappa shape index (κ2) is 10.2. The molecule has 0 aliphatic heterocycles. The van der Waals surface area contributed by atoms with Crippen molar-refractivity contribution < 1.29 is 4.74 Å². The largest absolute Gasteiger partial charge is 0.497 e. The predicted molar refractivity (Wildman–Crippen MR) is 120 cm³/mol. The van der Waals surface area contributed by atoms with Crippen molar-refractivity contribution in [1.82, 2.24) is 30.4 Å². The lowest BCUT2D eigenvalue weighted by atomic mass is 10.1. The van der Waals surface area contributed by atoms with Crippen LogP contribution >= 0.6 is 11.3 Å². The van der Waals surface area contributed by atoms with Crippen molar-refractivity contribution >= 4 is 17.3 Å². The Morgan fingerprint density at radius 1 is 1.13 bits per heavy atom. The number of nitrogens with zero attached hydrogens (tertiary/aromatic N) is 5. The van der Waals surface area contributed by atoms with Crippen molar-refractivity contribution in [1.29, 1.82) is 0 Å². The average Bonchev–Trinajstić information content (AvgIpc) is 3.24. The van der Waals surface area contributed by atoms with Crippen LogP contribution in [0, 0.1) is 20.8 Å². The molecule has 0 radical (unpaired) electrons. The fourth-order valence-corrected chi connectivity index (χ4v) is 3.81. The highest BCUT2D eigenvalue weighted by Crippen LogP contribution is 2.16. The third kappa shape index (κ3) is 5.79. The number of aromatic nitrogens is 4. The average molecular weight is 428 g/mol. The molecule has 0 atom stereocenters. The number of benzene rings is 1. The molecule has 30 heavy (non-hydrogen) atoms. The molecule has 0 amide bonds. The van der Waals surface area contributed by atoms with Crippen LogP contribution in [-0.2, 0) is 26.6 Å². The maximum Gasteiger partial charge on any atom is 0.192 e. The van der Waals surface area contributed by atoms with Crippen LogP contribution in [0.3, 0.4) is 0 Å². The molecule has 0 saturated heterocycles. The van der Waals surface area contributed by atoms with Gasteiger partial charge >= 0.3 is 0 Å². The van der Waals surface area contributed by atoms with Crippen molar-refractivity contribution in [2.75, 3.05) is 13.7 Å². The number of nitrogens with one attached hydrogen (secondary N) is 2. The van der Waals surface area contributed by atoms with Gasteiger partial charge in [-0.3, -0.25) is 0 Å². The smallest absolute Gasteiger partial charge is 0.192 e. The monoisotopic (exact) mass is 427 g/mol. The Bertz CT molecular complexity index is 991. The summed E-state index contributed by atoms with van der Waals surface area (Å²) in [4.78, 5) is 10.4. The van der Waals surface area contributed by atoms with Crippen molar-refractivity contribution in [3.8, 4) is 5.75 Å². The summed E-state index contributed by atoms with van der Waals surface area (Å²) < 4.78 is 7.17. The van der Waals surface area contributed by atoms with Gasteiger partial charge in [0.25, 0.3) is 0 Å². The lowest BCUT2D eigenvalue weighted by Gasteiger charge is -2.13. The van der Waals surface area contributed by atoms with Gasteiger partial charge in [0.1, 0.15) is 18.1 Å². The van der Waals surface area contributed by atoms with Crippen molar-refractivity contribution in [2.24, 2.45) is 12.0 Å². The van der Waals surface area contributed by atoms with E-state index in [9.17, 15) is 0 Å². The molecule has 0 bridgehead atoms. The number of aryl methyl sites for hydroxylation is 3. The quantitative estimate of drug-likeness (QED) is 0.424. The number of methoxy groups -OCH3 is 1. The van der Waals surface area contributed by atoms with Gasteiger partial charge in [0.2, 0.25) is 0 Å². The number of hydrogen-bond donors (Lipinski definition) is 2. The van der Waals surface area contributed by atoms with Gasteiger partial charge in [0.15, 0.2) is 11.8 Å². The van der Waals surface area contributed by atoms with Gasteiger partial charge in [-0.2, -0.15) is 0 Å². The Balaban J connectivity index is 1.63. The van der Waals surface area contributed by atoms with E-state index in [2.05, 4.69) is 37.9 Å². The van der Waals surface area contributed by atoms with Crippen molar-refractivity contribution in [3.05, 3.63) is 57.1 Å². The van der Waals surface area contributed by atoms with Gasteiger partial charge in [-0.1, -0.05) is 12.1 Å². The van der Waals surface area contributed by atoms with Crippen LogP contribution in [0.1, 0.15) is 32.8 Å². The highest BCUT2D eigenvalue weighted by molar-refractivity contribution is 7.11. The maximum atomic E-state index is 5.22. The number of guanidine groups is 1. The molecule has 3 aromatic rings. The molecule has 0 unspecified atom stereocenters. The van der Waals surface area contributed by atoms with E-state index in [4.69, 9.17) is 9.73 Å². The van der Waals surface area contributed by atoms with Crippen LogP contribution in [0.25, 0.3) is 0 Å². The third-order valence-corrected chi connectivity index (χ3v) is 5.92. The fraction of sp³-hybridized carbons (Fsp3) is 0.429. The Morgan fingerprint density at radius 2 is 1.90 bits per heavy atom. The molecule has 2 heterocycles. The Morgan fingerprint density at radius 3 is 2.50 bits per heavy atom. The second-order valence-corrected chi connectivity index (χ2v) is 8.29. The molecular weight excluding hydrogens is 398 g/mol.